The maximum Gasteiger partial charge on any atom is 0.281 e. The summed E-state index contributed by atoms with van der Waals surface area (Å²) in [7, 11) is 0. The Morgan fingerprint density at radius 3 is 2.55 bits per heavy atom. The molecular weight excluding hydrogens is 422 g/mol. The predicted molar refractivity (Wildman–Crippen MR) is 114 cm³/mol. The number of benzene rings is 2. The molecule has 0 aliphatic heterocycles. The molecule has 1 amide bonds. The van der Waals surface area contributed by atoms with Gasteiger partial charge in [0.1, 0.15) is 5.75 Å². The lowest BCUT2D eigenvalue weighted by molar-refractivity contribution is 0.101. The van der Waals surface area contributed by atoms with Gasteiger partial charge in [0.25, 0.3) is 5.91 Å². The summed E-state index contributed by atoms with van der Waals surface area (Å²) in [5.41, 5.74) is 0.745. The van der Waals surface area contributed by atoms with E-state index in [1.54, 1.807) is 48.5 Å². The first-order valence-electron chi connectivity index (χ1n) is 9.28. The zero-order valence-corrected chi connectivity index (χ0v) is 17.0. The molecule has 2 aromatic carbocycles. The Morgan fingerprint density at radius 2 is 1.84 bits per heavy atom. The molecule has 0 atom stereocenters. The van der Waals surface area contributed by atoms with Gasteiger partial charge < -0.3 is 10.1 Å². The topological polar surface area (TPSA) is 112 Å². The van der Waals surface area contributed by atoms with E-state index in [2.05, 4.69) is 20.7 Å². The molecule has 2 heterocycles. The maximum absolute atomic E-state index is 12.8. The molecule has 0 fully saturated rings. The molecule has 0 unspecified atom stereocenters. The minimum atomic E-state index is -0.740. The molecule has 0 spiro atoms. The molecule has 0 saturated carbocycles. The standard InChI is InChI=1S/C21H16ClN5O4/c1-2-30-16-9-7-15(8-10-16)27-12-11-17(28)19(24-27)21(29)23-20-18(25-31-26-20)13-3-5-14(22)6-4-13/h3-12H,2H2,1H3,(H,23,26,29). The van der Waals surface area contributed by atoms with E-state index in [-0.39, 0.29) is 11.5 Å². The van der Waals surface area contributed by atoms with Crippen LogP contribution < -0.4 is 15.5 Å². The van der Waals surface area contributed by atoms with Crippen LogP contribution in [0.3, 0.4) is 0 Å². The normalized spacial score (nSPS) is 10.6. The van der Waals surface area contributed by atoms with Crippen LogP contribution in [-0.2, 0) is 0 Å². The van der Waals surface area contributed by atoms with Gasteiger partial charge in [0.15, 0.2) is 11.4 Å². The van der Waals surface area contributed by atoms with Crippen LogP contribution in [0.1, 0.15) is 17.4 Å². The van der Waals surface area contributed by atoms with Crippen LogP contribution >= 0.6 is 11.6 Å². The van der Waals surface area contributed by atoms with Crippen molar-refractivity contribution >= 4 is 23.3 Å². The highest BCUT2D eigenvalue weighted by atomic mass is 35.5. The molecule has 0 aliphatic carbocycles. The van der Waals surface area contributed by atoms with E-state index >= 15 is 0 Å². The van der Waals surface area contributed by atoms with Crippen LogP contribution in [0.2, 0.25) is 5.02 Å². The first-order chi connectivity index (χ1) is 15.0. The van der Waals surface area contributed by atoms with Crippen molar-refractivity contribution in [2.24, 2.45) is 0 Å². The lowest BCUT2D eigenvalue weighted by Gasteiger charge is -2.09. The van der Waals surface area contributed by atoms with Gasteiger partial charge in [0.05, 0.1) is 12.3 Å². The first kappa shape index (κ1) is 20.3. The molecular formula is C21H16ClN5O4. The number of rotatable bonds is 6. The monoisotopic (exact) mass is 437 g/mol. The number of aromatic nitrogens is 4. The smallest absolute Gasteiger partial charge is 0.281 e. The fourth-order valence-electron chi connectivity index (χ4n) is 2.80. The fourth-order valence-corrected chi connectivity index (χ4v) is 2.93. The van der Waals surface area contributed by atoms with Gasteiger partial charge in [-0.1, -0.05) is 23.7 Å². The van der Waals surface area contributed by atoms with Gasteiger partial charge in [-0.05, 0) is 53.6 Å². The molecule has 0 bridgehead atoms. The Labute approximate surface area is 181 Å². The molecule has 0 aliphatic rings. The summed E-state index contributed by atoms with van der Waals surface area (Å²) >= 11 is 5.90. The fraction of sp³-hybridized carbons (Fsp3) is 0.0952. The van der Waals surface area contributed by atoms with E-state index in [0.29, 0.717) is 34.3 Å². The van der Waals surface area contributed by atoms with Crippen LogP contribution in [-0.4, -0.2) is 32.6 Å². The molecule has 2 aromatic heterocycles. The van der Waals surface area contributed by atoms with E-state index < -0.39 is 11.3 Å². The number of anilines is 1. The Hall–Kier alpha value is -3.98. The zero-order valence-electron chi connectivity index (χ0n) is 16.3. The van der Waals surface area contributed by atoms with Crippen LogP contribution in [0.5, 0.6) is 5.75 Å². The minimum absolute atomic E-state index is 0.0602. The average Bonchev–Trinajstić information content (AvgIpc) is 3.23. The molecule has 1 N–H and O–H groups in total. The summed E-state index contributed by atoms with van der Waals surface area (Å²) in [6.07, 6.45) is 1.48. The van der Waals surface area contributed by atoms with E-state index in [1.165, 1.54) is 16.9 Å². The third-order valence-electron chi connectivity index (χ3n) is 4.27. The second kappa shape index (κ2) is 8.80. The molecule has 4 rings (SSSR count). The molecule has 156 valence electrons. The third kappa shape index (κ3) is 4.46. The zero-order chi connectivity index (χ0) is 21.8. The summed E-state index contributed by atoms with van der Waals surface area (Å²) in [5, 5.41) is 14.8. The van der Waals surface area contributed by atoms with Crippen LogP contribution in [0.4, 0.5) is 5.82 Å². The second-order valence-electron chi connectivity index (χ2n) is 6.32. The maximum atomic E-state index is 12.8. The van der Waals surface area contributed by atoms with Crippen molar-refractivity contribution in [3.8, 4) is 22.7 Å². The average molecular weight is 438 g/mol. The highest BCUT2D eigenvalue weighted by Crippen LogP contribution is 2.25. The lowest BCUT2D eigenvalue weighted by Crippen LogP contribution is -2.25. The predicted octanol–water partition coefficient (Wildman–Crippen LogP) is 3.59. The second-order valence-corrected chi connectivity index (χ2v) is 6.76. The van der Waals surface area contributed by atoms with Gasteiger partial charge in [-0.15, -0.1) is 0 Å². The van der Waals surface area contributed by atoms with E-state index in [4.69, 9.17) is 21.0 Å². The molecule has 31 heavy (non-hydrogen) atoms. The number of hydrogen-bond acceptors (Lipinski definition) is 7. The largest absolute Gasteiger partial charge is 0.494 e. The van der Waals surface area contributed by atoms with Gasteiger partial charge in [-0.25, -0.2) is 9.31 Å². The molecule has 9 nitrogen and oxygen atoms in total. The van der Waals surface area contributed by atoms with E-state index in [1.807, 2.05) is 6.92 Å². The SMILES string of the molecule is CCOc1ccc(-n2ccc(=O)c(C(=O)Nc3nonc3-c3ccc(Cl)cc3)n2)cc1. The Kier molecular flexibility index (Phi) is 5.76. The number of carbonyl (C=O) groups is 1. The summed E-state index contributed by atoms with van der Waals surface area (Å²) in [5.74, 6) is 0.0275. The van der Waals surface area contributed by atoms with Gasteiger partial charge in [-0.2, -0.15) is 5.10 Å². The van der Waals surface area contributed by atoms with Crippen molar-refractivity contribution in [3.63, 3.8) is 0 Å². The van der Waals surface area contributed by atoms with Crippen LogP contribution in [0.15, 0.2) is 70.2 Å². The first-order valence-corrected chi connectivity index (χ1v) is 9.66. The molecule has 4 aromatic rings. The quantitative estimate of drug-likeness (QED) is 0.490. The number of amides is 1. The number of carbonyl (C=O) groups excluding carboxylic acids is 1. The molecule has 0 saturated heterocycles. The number of hydrogen-bond donors (Lipinski definition) is 1. The van der Waals surface area contributed by atoms with Crippen LogP contribution in [0.25, 0.3) is 16.9 Å². The van der Waals surface area contributed by atoms with Gasteiger partial charge in [-0.3, -0.25) is 9.59 Å². The lowest BCUT2D eigenvalue weighted by atomic mass is 10.1. The number of halogens is 1. The van der Waals surface area contributed by atoms with Gasteiger partial charge in [0, 0.05) is 22.8 Å². The van der Waals surface area contributed by atoms with Gasteiger partial charge in [0.2, 0.25) is 11.2 Å². The molecule has 0 radical (unpaired) electrons. The molecule has 10 heteroatoms. The van der Waals surface area contributed by atoms with Crippen molar-refractivity contribution in [2.45, 2.75) is 6.92 Å². The van der Waals surface area contributed by atoms with Gasteiger partial charge >= 0.3 is 0 Å². The van der Waals surface area contributed by atoms with E-state index in [0.717, 1.165) is 0 Å². The van der Waals surface area contributed by atoms with Crippen molar-refractivity contribution in [1.82, 2.24) is 20.1 Å². The van der Waals surface area contributed by atoms with Crippen molar-refractivity contribution < 1.29 is 14.2 Å². The number of nitrogens with one attached hydrogen (secondary N) is 1. The highest BCUT2D eigenvalue weighted by Gasteiger charge is 2.19. The van der Waals surface area contributed by atoms with Crippen molar-refractivity contribution in [3.05, 3.63) is 81.7 Å². The van der Waals surface area contributed by atoms with E-state index in [9.17, 15) is 9.59 Å². The van der Waals surface area contributed by atoms with Crippen molar-refractivity contribution in [1.29, 1.82) is 0 Å². The number of nitrogens with zero attached hydrogens (tertiary/aromatic N) is 4. The van der Waals surface area contributed by atoms with Crippen molar-refractivity contribution in [2.75, 3.05) is 11.9 Å². The summed E-state index contributed by atoms with van der Waals surface area (Å²) in [6.45, 7) is 2.44. The third-order valence-corrected chi connectivity index (χ3v) is 4.53. The summed E-state index contributed by atoms with van der Waals surface area (Å²) in [4.78, 5) is 25.0. The summed E-state index contributed by atoms with van der Waals surface area (Å²) in [6, 6.07) is 15.1. The summed E-state index contributed by atoms with van der Waals surface area (Å²) < 4.78 is 11.6. The van der Waals surface area contributed by atoms with Crippen LogP contribution in [0, 0.1) is 0 Å². The Morgan fingerprint density at radius 1 is 1.10 bits per heavy atom. The Bertz CT molecular complexity index is 1270. The minimum Gasteiger partial charge on any atom is -0.494 e. The number of ether oxygens (including phenoxy) is 1. The Balaban J connectivity index is 1.60. The highest BCUT2D eigenvalue weighted by molar-refractivity contribution is 6.30.